The molecule has 4 nitrogen and oxygen atoms in total. The highest BCUT2D eigenvalue weighted by Gasteiger charge is 2.23. The number of carbonyl (C=O) groups excluding carboxylic acids is 1. The lowest BCUT2D eigenvalue weighted by atomic mass is 9.96. The van der Waals surface area contributed by atoms with Gasteiger partial charge >= 0.3 is 0 Å². The third-order valence-electron chi connectivity index (χ3n) is 1.84. The number of anilines is 1. The molecule has 1 aromatic rings. The van der Waals surface area contributed by atoms with E-state index >= 15 is 0 Å². The maximum atomic E-state index is 11.7. The van der Waals surface area contributed by atoms with Gasteiger partial charge in [-0.3, -0.25) is 4.79 Å². The van der Waals surface area contributed by atoms with E-state index in [0.717, 1.165) is 0 Å². The van der Waals surface area contributed by atoms with E-state index in [9.17, 15) is 4.79 Å². The van der Waals surface area contributed by atoms with Crippen LogP contribution in [0.2, 0.25) is 10.2 Å². The lowest BCUT2D eigenvalue weighted by molar-refractivity contribution is -0.123. The van der Waals surface area contributed by atoms with E-state index < -0.39 is 5.41 Å². The molecule has 0 saturated carbocycles. The first-order valence-corrected chi connectivity index (χ1v) is 5.48. The molecule has 1 aromatic heterocycles. The van der Waals surface area contributed by atoms with E-state index in [1.54, 1.807) is 27.7 Å². The van der Waals surface area contributed by atoms with Gasteiger partial charge in [-0.2, -0.15) is 0 Å². The van der Waals surface area contributed by atoms with E-state index in [1.807, 2.05) is 0 Å². The van der Waals surface area contributed by atoms with Crippen molar-refractivity contribution in [1.82, 2.24) is 9.97 Å². The molecule has 88 valence electrons. The first-order valence-electron chi connectivity index (χ1n) is 4.73. The Kier molecular flexibility index (Phi) is 3.76. The summed E-state index contributed by atoms with van der Waals surface area (Å²) in [4.78, 5) is 19.6. The molecule has 0 aromatic carbocycles. The number of aromatic nitrogens is 2. The second-order valence-electron chi connectivity index (χ2n) is 4.43. The van der Waals surface area contributed by atoms with Gasteiger partial charge in [0.2, 0.25) is 5.91 Å². The Morgan fingerprint density at radius 1 is 1.25 bits per heavy atom. The highest BCUT2D eigenvalue weighted by Crippen LogP contribution is 2.28. The van der Waals surface area contributed by atoms with E-state index in [4.69, 9.17) is 23.2 Å². The Hall–Kier alpha value is -0.870. The molecule has 0 radical (unpaired) electrons. The van der Waals surface area contributed by atoms with Gasteiger partial charge in [-0.25, -0.2) is 9.97 Å². The first-order chi connectivity index (χ1) is 7.21. The van der Waals surface area contributed by atoms with E-state index in [2.05, 4.69) is 15.3 Å². The summed E-state index contributed by atoms with van der Waals surface area (Å²) in [6.45, 7) is 7.07. The molecule has 1 N–H and O–H groups in total. The minimum absolute atomic E-state index is 0.137. The quantitative estimate of drug-likeness (QED) is 0.791. The number of nitrogens with zero attached hydrogens (tertiary/aromatic N) is 2. The molecule has 0 aliphatic rings. The Morgan fingerprint density at radius 3 is 2.31 bits per heavy atom. The van der Waals surface area contributed by atoms with Gasteiger partial charge in [0.05, 0.1) is 0 Å². The number of rotatable bonds is 1. The van der Waals surface area contributed by atoms with Gasteiger partial charge in [-0.1, -0.05) is 44.0 Å². The molecule has 0 saturated heterocycles. The van der Waals surface area contributed by atoms with Gasteiger partial charge in [0.15, 0.2) is 11.0 Å². The van der Waals surface area contributed by atoms with Gasteiger partial charge in [0.25, 0.3) is 0 Å². The molecule has 6 heteroatoms. The minimum atomic E-state index is -0.519. The number of amides is 1. The van der Waals surface area contributed by atoms with Crippen LogP contribution in [-0.4, -0.2) is 15.9 Å². The van der Waals surface area contributed by atoms with Crippen molar-refractivity contribution >= 4 is 34.9 Å². The van der Waals surface area contributed by atoms with Crippen molar-refractivity contribution in [1.29, 1.82) is 0 Å². The summed E-state index contributed by atoms with van der Waals surface area (Å²) >= 11 is 11.7. The summed E-state index contributed by atoms with van der Waals surface area (Å²) < 4.78 is 0. The summed E-state index contributed by atoms with van der Waals surface area (Å²) in [7, 11) is 0. The zero-order valence-electron chi connectivity index (χ0n) is 9.56. The first kappa shape index (κ1) is 13.2. The fourth-order valence-electron chi connectivity index (χ4n) is 0.903. The van der Waals surface area contributed by atoms with Crippen LogP contribution in [0.1, 0.15) is 26.6 Å². The molecular formula is C10H13Cl2N3O. The number of aryl methyl sites for hydroxylation is 1. The van der Waals surface area contributed by atoms with Gasteiger partial charge < -0.3 is 5.32 Å². The number of hydrogen-bond acceptors (Lipinski definition) is 3. The molecule has 16 heavy (non-hydrogen) atoms. The average Bonchev–Trinajstić information content (AvgIpc) is 2.11. The van der Waals surface area contributed by atoms with Crippen LogP contribution >= 0.6 is 23.2 Å². The van der Waals surface area contributed by atoms with Crippen LogP contribution in [0.15, 0.2) is 0 Å². The summed E-state index contributed by atoms with van der Waals surface area (Å²) in [5.41, 5.74) is -0.519. The molecule has 0 aliphatic carbocycles. The number of carbonyl (C=O) groups is 1. The molecule has 0 aliphatic heterocycles. The maximum Gasteiger partial charge on any atom is 0.230 e. The Labute approximate surface area is 104 Å². The van der Waals surface area contributed by atoms with E-state index in [1.165, 1.54) is 0 Å². The van der Waals surface area contributed by atoms with Crippen LogP contribution in [0.4, 0.5) is 5.82 Å². The third-order valence-corrected chi connectivity index (χ3v) is 2.56. The van der Waals surface area contributed by atoms with E-state index in [-0.39, 0.29) is 21.9 Å². The summed E-state index contributed by atoms with van der Waals surface area (Å²) in [5, 5.41) is 2.92. The predicted octanol–water partition coefficient (Wildman–Crippen LogP) is 3.08. The third kappa shape index (κ3) is 3.06. The zero-order valence-corrected chi connectivity index (χ0v) is 11.1. The fraction of sp³-hybridized carbons (Fsp3) is 0.500. The zero-order chi connectivity index (χ0) is 12.5. The molecule has 0 unspecified atom stereocenters. The highest BCUT2D eigenvalue weighted by molar-refractivity contribution is 6.43. The minimum Gasteiger partial charge on any atom is -0.309 e. The average molecular weight is 262 g/mol. The molecule has 1 heterocycles. The number of nitrogens with one attached hydrogen (secondary N) is 1. The topological polar surface area (TPSA) is 54.9 Å². The lowest BCUT2D eigenvalue weighted by Gasteiger charge is -2.17. The van der Waals surface area contributed by atoms with Gasteiger partial charge in [0, 0.05) is 5.41 Å². The molecular weight excluding hydrogens is 249 g/mol. The van der Waals surface area contributed by atoms with Crippen LogP contribution in [0.25, 0.3) is 0 Å². The normalized spacial score (nSPS) is 11.4. The highest BCUT2D eigenvalue weighted by atomic mass is 35.5. The van der Waals surface area contributed by atoms with Crippen molar-refractivity contribution in [2.75, 3.05) is 5.32 Å². The van der Waals surface area contributed by atoms with Crippen LogP contribution < -0.4 is 5.32 Å². The largest absolute Gasteiger partial charge is 0.309 e. The second kappa shape index (κ2) is 4.55. The summed E-state index contributed by atoms with van der Waals surface area (Å²) in [5.74, 6) is 0.529. The second-order valence-corrected chi connectivity index (χ2v) is 5.16. The lowest BCUT2D eigenvalue weighted by Crippen LogP contribution is -2.28. The van der Waals surface area contributed by atoms with Crippen molar-refractivity contribution in [3.8, 4) is 0 Å². The van der Waals surface area contributed by atoms with Crippen molar-refractivity contribution in [3.05, 3.63) is 16.0 Å². The Balaban J connectivity index is 3.03. The van der Waals surface area contributed by atoms with Crippen LogP contribution in [0.3, 0.4) is 0 Å². The Bertz CT molecular complexity index is 427. The monoisotopic (exact) mass is 261 g/mol. The number of hydrogen-bond donors (Lipinski definition) is 1. The molecule has 0 bridgehead atoms. The Morgan fingerprint density at radius 2 is 1.81 bits per heavy atom. The molecule has 1 amide bonds. The van der Waals surface area contributed by atoms with Crippen molar-refractivity contribution in [2.24, 2.45) is 5.41 Å². The molecule has 0 atom stereocenters. The SMILES string of the molecule is Cc1nc(Cl)c(Cl)c(NC(=O)C(C)(C)C)n1. The van der Waals surface area contributed by atoms with Crippen molar-refractivity contribution < 1.29 is 4.79 Å². The van der Waals surface area contributed by atoms with Crippen LogP contribution in [0.5, 0.6) is 0 Å². The van der Waals surface area contributed by atoms with Crippen molar-refractivity contribution in [3.63, 3.8) is 0 Å². The van der Waals surface area contributed by atoms with Crippen LogP contribution in [-0.2, 0) is 4.79 Å². The van der Waals surface area contributed by atoms with Gasteiger partial charge in [-0.05, 0) is 6.92 Å². The standard InChI is InChI=1S/C10H13Cl2N3O/c1-5-13-7(12)6(11)8(14-5)15-9(16)10(2,3)4/h1-4H3,(H,13,14,15,16). The predicted molar refractivity (Wildman–Crippen MR) is 64.9 cm³/mol. The smallest absolute Gasteiger partial charge is 0.230 e. The number of halogens is 2. The molecule has 0 spiro atoms. The van der Waals surface area contributed by atoms with Gasteiger partial charge in [0.1, 0.15) is 10.8 Å². The fourth-order valence-corrected chi connectivity index (χ4v) is 1.25. The van der Waals surface area contributed by atoms with E-state index in [0.29, 0.717) is 5.82 Å². The molecule has 1 rings (SSSR count). The maximum absolute atomic E-state index is 11.7. The van der Waals surface area contributed by atoms with Crippen LogP contribution in [0, 0.1) is 12.3 Å². The van der Waals surface area contributed by atoms with Crippen molar-refractivity contribution in [2.45, 2.75) is 27.7 Å². The van der Waals surface area contributed by atoms with Gasteiger partial charge in [-0.15, -0.1) is 0 Å². The molecule has 0 fully saturated rings. The summed E-state index contributed by atoms with van der Waals surface area (Å²) in [6, 6.07) is 0. The summed E-state index contributed by atoms with van der Waals surface area (Å²) in [6.07, 6.45) is 0.